The average molecular weight is 313 g/mol. The van der Waals surface area contributed by atoms with Gasteiger partial charge in [0.25, 0.3) is 0 Å². The number of guanidine groups is 1. The van der Waals surface area contributed by atoms with Gasteiger partial charge in [0.1, 0.15) is 5.76 Å². The number of nitrogens with one attached hydrogen (secondary N) is 2. The van der Waals surface area contributed by atoms with Crippen LogP contribution >= 0.6 is 11.8 Å². The Morgan fingerprint density at radius 1 is 1.38 bits per heavy atom. The molecule has 5 nitrogen and oxygen atoms in total. The van der Waals surface area contributed by atoms with Gasteiger partial charge in [0.15, 0.2) is 5.96 Å². The number of aliphatic imine (C=N–C) groups is 1. The summed E-state index contributed by atoms with van der Waals surface area (Å²) in [4.78, 5) is 4.56. The first-order valence-electron chi connectivity index (χ1n) is 7.48. The topological polar surface area (TPSA) is 58.8 Å². The Labute approximate surface area is 131 Å². The molecule has 1 aromatic rings. The third-order valence-corrected chi connectivity index (χ3v) is 3.38. The monoisotopic (exact) mass is 313 g/mol. The summed E-state index contributed by atoms with van der Waals surface area (Å²) in [7, 11) is 0. The summed E-state index contributed by atoms with van der Waals surface area (Å²) in [5.41, 5.74) is 0. The number of hydrogen-bond donors (Lipinski definition) is 2. The molecule has 0 aliphatic heterocycles. The van der Waals surface area contributed by atoms with Gasteiger partial charge in [0.2, 0.25) is 0 Å². The van der Waals surface area contributed by atoms with Crippen molar-refractivity contribution in [1.82, 2.24) is 10.6 Å². The fourth-order valence-corrected chi connectivity index (χ4v) is 2.01. The number of furan rings is 1. The highest BCUT2D eigenvalue weighted by Gasteiger charge is 2.00. The molecule has 0 amide bonds. The maximum absolute atomic E-state index is 5.32. The minimum Gasteiger partial charge on any atom is -0.469 e. The van der Waals surface area contributed by atoms with Crippen LogP contribution in [0.2, 0.25) is 0 Å². The van der Waals surface area contributed by atoms with Gasteiger partial charge in [0.05, 0.1) is 6.26 Å². The Kier molecular flexibility index (Phi) is 10.7. The lowest BCUT2D eigenvalue weighted by Crippen LogP contribution is -2.39. The minimum absolute atomic E-state index is 0.768. The van der Waals surface area contributed by atoms with E-state index >= 15 is 0 Å². The van der Waals surface area contributed by atoms with E-state index in [4.69, 9.17) is 9.15 Å². The molecule has 0 aromatic carbocycles. The van der Waals surface area contributed by atoms with Crippen molar-refractivity contribution in [3.63, 3.8) is 0 Å². The molecule has 0 fully saturated rings. The van der Waals surface area contributed by atoms with Crippen LogP contribution < -0.4 is 10.6 Å². The van der Waals surface area contributed by atoms with Crippen LogP contribution in [0.15, 0.2) is 27.8 Å². The summed E-state index contributed by atoms with van der Waals surface area (Å²) >= 11 is 1.82. The van der Waals surface area contributed by atoms with Crippen LogP contribution in [0, 0.1) is 0 Å². The zero-order valence-electron chi connectivity index (χ0n) is 13.1. The van der Waals surface area contributed by atoms with Crippen LogP contribution in [0.3, 0.4) is 0 Å². The zero-order chi connectivity index (χ0) is 15.2. The smallest absolute Gasteiger partial charge is 0.191 e. The molecular weight excluding hydrogens is 286 g/mol. The Hall–Kier alpha value is -1.14. The Bertz CT molecular complexity index is 369. The highest BCUT2D eigenvalue weighted by Crippen LogP contribution is 1.99. The van der Waals surface area contributed by atoms with Crippen molar-refractivity contribution in [2.75, 3.05) is 44.9 Å². The number of rotatable bonds is 11. The average Bonchev–Trinajstić information content (AvgIpc) is 3.00. The summed E-state index contributed by atoms with van der Waals surface area (Å²) in [6.45, 7) is 6.04. The van der Waals surface area contributed by atoms with E-state index in [9.17, 15) is 0 Å². The second-order valence-electron chi connectivity index (χ2n) is 4.46. The lowest BCUT2D eigenvalue weighted by Gasteiger charge is -2.11. The molecule has 1 heterocycles. The van der Waals surface area contributed by atoms with Crippen LogP contribution in [-0.4, -0.2) is 50.8 Å². The number of thioether (sulfide) groups is 1. The summed E-state index contributed by atoms with van der Waals surface area (Å²) in [6, 6.07) is 3.90. The van der Waals surface area contributed by atoms with Gasteiger partial charge < -0.3 is 19.8 Å². The molecule has 0 saturated carbocycles. The molecule has 6 heteroatoms. The van der Waals surface area contributed by atoms with Gasteiger partial charge in [-0.25, -0.2) is 0 Å². The molecule has 0 spiro atoms. The fraction of sp³-hybridized carbons (Fsp3) is 0.667. The van der Waals surface area contributed by atoms with Gasteiger partial charge in [-0.15, -0.1) is 0 Å². The van der Waals surface area contributed by atoms with E-state index in [0.717, 1.165) is 63.2 Å². The largest absolute Gasteiger partial charge is 0.469 e. The van der Waals surface area contributed by atoms with Crippen molar-refractivity contribution in [2.24, 2.45) is 4.99 Å². The van der Waals surface area contributed by atoms with Crippen molar-refractivity contribution >= 4 is 17.7 Å². The lowest BCUT2D eigenvalue weighted by atomic mass is 10.3. The molecule has 0 saturated heterocycles. The van der Waals surface area contributed by atoms with E-state index in [-0.39, 0.29) is 0 Å². The molecule has 0 radical (unpaired) electrons. The Morgan fingerprint density at radius 3 is 2.95 bits per heavy atom. The van der Waals surface area contributed by atoms with Gasteiger partial charge in [-0.05, 0) is 31.7 Å². The van der Waals surface area contributed by atoms with E-state index < -0.39 is 0 Å². The summed E-state index contributed by atoms with van der Waals surface area (Å²) < 4.78 is 10.6. The lowest BCUT2D eigenvalue weighted by molar-refractivity contribution is 0.146. The molecule has 0 aliphatic rings. The molecule has 0 atom stereocenters. The third-order valence-electron chi connectivity index (χ3n) is 2.76. The van der Waals surface area contributed by atoms with E-state index in [1.165, 1.54) is 0 Å². The van der Waals surface area contributed by atoms with Crippen LogP contribution in [0.1, 0.15) is 19.1 Å². The fourth-order valence-electron chi connectivity index (χ4n) is 1.71. The van der Waals surface area contributed by atoms with Gasteiger partial charge in [0, 0.05) is 45.0 Å². The molecule has 1 aromatic heterocycles. The first-order chi connectivity index (χ1) is 10.4. The molecule has 120 valence electrons. The zero-order valence-corrected chi connectivity index (χ0v) is 13.9. The van der Waals surface area contributed by atoms with Gasteiger partial charge in [-0.1, -0.05) is 0 Å². The summed E-state index contributed by atoms with van der Waals surface area (Å²) in [6.07, 6.45) is 5.61. The Morgan fingerprint density at radius 2 is 2.24 bits per heavy atom. The van der Waals surface area contributed by atoms with Gasteiger partial charge >= 0.3 is 0 Å². The van der Waals surface area contributed by atoms with Crippen LogP contribution in [0.4, 0.5) is 0 Å². The quantitative estimate of drug-likeness (QED) is 0.372. The number of nitrogens with zero attached hydrogens (tertiary/aromatic N) is 1. The Balaban J connectivity index is 2.26. The van der Waals surface area contributed by atoms with Crippen LogP contribution in [0.25, 0.3) is 0 Å². The first-order valence-corrected chi connectivity index (χ1v) is 8.87. The van der Waals surface area contributed by atoms with Crippen LogP contribution in [-0.2, 0) is 11.2 Å². The minimum atomic E-state index is 0.768. The van der Waals surface area contributed by atoms with E-state index in [1.807, 2.05) is 30.8 Å². The van der Waals surface area contributed by atoms with Crippen molar-refractivity contribution in [1.29, 1.82) is 0 Å². The highest BCUT2D eigenvalue weighted by molar-refractivity contribution is 7.98. The summed E-state index contributed by atoms with van der Waals surface area (Å²) in [5, 5.41) is 6.67. The number of hydrogen-bond acceptors (Lipinski definition) is 4. The van der Waals surface area contributed by atoms with Crippen molar-refractivity contribution < 1.29 is 9.15 Å². The normalized spacial score (nSPS) is 11.6. The third kappa shape index (κ3) is 9.42. The SMILES string of the molecule is CCOCCCN=C(NCCSC)NCCc1ccco1. The molecule has 2 N–H and O–H groups in total. The molecular formula is C15H27N3O2S. The van der Waals surface area contributed by atoms with E-state index in [0.29, 0.717) is 0 Å². The van der Waals surface area contributed by atoms with Crippen molar-refractivity contribution in [3.8, 4) is 0 Å². The predicted octanol–water partition coefficient (Wildman–Crippen LogP) is 2.15. The highest BCUT2D eigenvalue weighted by atomic mass is 32.2. The second-order valence-corrected chi connectivity index (χ2v) is 5.44. The van der Waals surface area contributed by atoms with Crippen molar-refractivity contribution in [3.05, 3.63) is 24.2 Å². The van der Waals surface area contributed by atoms with Crippen molar-refractivity contribution in [2.45, 2.75) is 19.8 Å². The maximum atomic E-state index is 5.32. The van der Waals surface area contributed by atoms with E-state index in [1.54, 1.807) is 6.26 Å². The second kappa shape index (κ2) is 12.6. The molecule has 0 bridgehead atoms. The van der Waals surface area contributed by atoms with Gasteiger partial charge in [-0.2, -0.15) is 11.8 Å². The maximum Gasteiger partial charge on any atom is 0.191 e. The predicted molar refractivity (Wildman–Crippen MR) is 90.2 cm³/mol. The van der Waals surface area contributed by atoms with Crippen LogP contribution in [0.5, 0.6) is 0 Å². The standard InChI is InChI=1S/C15H27N3O2S/c1-3-19-11-5-8-16-15(18-10-13-21-2)17-9-7-14-6-4-12-20-14/h4,6,12H,3,5,7-11,13H2,1-2H3,(H2,16,17,18). The van der Waals surface area contributed by atoms with E-state index in [2.05, 4.69) is 21.9 Å². The molecule has 0 aliphatic carbocycles. The number of ether oxygens (including phenoxy) is 1. The molecule has 0 unspecified atom stereocenters. The van der Waals surface area contributed by atoms with Gasteiger partial charge in [-0.3, -0.25) is 4.99 Å². The molecule has 21 heavy (non-hydrogen) atoms. The molecule has 1 rings (SSSR count). The summed E-state index contributed by atoms with van der Waals surface area (Å²) in [5.74, 6) is 2.92. The first kappa shape index (κ1) is 17.9.